The van der Waals surface area contributed by atoms with Crippen LogP contribution in [0.4, 0.5) is 0 Å². The van der Waals surface area contributed by atoms with Crippen molar-refractivity contribution in [3.63, 3.8) is 0 Å². The highest BCUT2D eigenvalue weighted by Gasteiger charge is 2.32. The summed E-state index contributed by atoms with van der Waals surface area (Å²) in [6, 6.07) is -0.444. The predicted octanol–water partition coefficient (Wildman–Crippen LogP) is -0.422. The quantitative estimate of drug-likeness (QED) is 0.690. The summed E-state index contributed by atoms with van der Waals surface area (Å²) in [5, 5.41) is 9.03. The molecule has 1 amide bonds. The molecule has 16 heavy (non-hydrogen) atoms. The van der Waals surface area contributed by atoms with Crippen LogP contribution in [0.5, 0.6) is 0 Å². The van der Waals surface area contributed by atoms with E-state index in [2.05, 4.69) is 0 Å². The van der Waals surface area contributed by atoms with Crippen molar-refractivity contribution in [3.8, 4) is 0 Å². The van der Waals surface area contributed by atoms with E-state index in [1.807, 2.05) is 20.8 Å². The van der Waals surface area contributed by atoms with E-state index in [0.717, 1.165) is 0 Å². The van der Waals surface area contributed by atoms with Gasteiger partial charge in [-0.15, -0.1) is 0 Å². The summed E-state index contributed by atoms with van der Waals surface area (Å²) in [5.41, 5.74) is 5.85. The smallest absolute Gasteiger partial charge is 0.240 e. The molecule has 0 aromatic carbocycles. The topological polar surface area (TPSA) is 75.8 Å². The number of nitrogens with zero attached hydrogens (tertiary/aromatic N) is 1. The minimum atomic E-state index is -0.472. The number of aliphatic hydroxyl groups excluding tert-OH is 1. The third kappa shape index (κ3) is 2.93. The van der Waals surface area contributed by atoms with Crippen LogP contribution in [-0.4, -0.2) is 53.9 Å². The van der Waals surface area contributed by atoms with Gasteiger partial charge in [-0.25, -0.2) is 0 Å². The molecule has 1 aliphatic heterocycles. The number of aliphatic hydroxyl groups is 1. The van der Waals surface area contributed by atoms with Gasteiger partial charge in [-0.1, -0.05) is 13.8 Å². The first-order valence-electron chi connectivity index (χ1n) is 5.75. The summed E-state index contributed by atoms with van der Waals surface area (Å²) in [6.45, 7) is 6.61. The van der Waals surface area contributed by atoms with Gasteiger partial charge in [-0.2, -0.15) is 0 Å². The third-order valence-corrected chi connectivity index (χ3v) is 3.00. The lowest BCUT2D eigenvalue weighted by atomic mass is 10.0. The van der Waals surface area contributed by atoms with Gasteiger partial charge >= 0.3 is 0 Å². The van der Waals surface area contributed by atoms with Gasteiger partial charge in [0.25, 0.3) is 0 Å². The first-order valence-corrected chi connectivity index (χ1v) is 5.75. The zero-order valence-electron chi connectivity index (χ0n) is 10.2. The van der Waals surface area contributed by atoms with Crippen molar-refractivity contribution in [1.29, 1.82) is 0 Å². The van der Waals surface area contributed by atoms with E-state index in [4.69, 9.17) is 15.6 Å². The van der Waals surface area contributed by atoms with E-state index in [9.17, 15) is 4.79 Å². The lowest BCUT2D eigenvalue weighted by Crippen LogP contribution is -2.57. The Hall–Kier alpha value is -0.650. The molecule has 1 rings (SSSR count). The molecule has 0 aromatic heterocycles. The average Bonchev–Trinajstić information content (AvgIpc) is 2.27. The molecular formula is C11H22N2O3. The summed E-state index contributed by atoms with van der Waals surface area (Å²) in [7, 11) is 0. The van der Waals surface area contributed by atoms with Crippen LogP contribution in [0.3, 0.4) is 0 Å². The number of ether oxygens (including phenoxy) is 1. The van der Waals surface area contributed by atoms with E-state index < -0.39 is 6.04 Å². The Morgan fingerprint density at radius 3 is 2.75 bits per heavy atom. The van der Waals surface area contributed by atoms with E-state index in [1.54, 1.807) is 4.90 Å². The summed E-state index contributed by atoms with van der Waals surface area (Å²) in [5.74, 6) is 0.0689. The second-order valence-corrected chi connectivity index (χ2v) is 4.75. The Morgan fingerprint density at radius 1 is 1.62 bits per heavy atom. The number of hydrogen-bond acceptors (Lipinski definition) is 4. The number of morpholine rings is 1. The van der Waals surface area contributed by atoms with Crippen LogP contribution in [0, 0.1) is 5.92 Å². The van der Waals surface area contributed by atoms with Crippen molar-refractivity contribution < 1.29 is 14.6 Å². The molecule has 0 aromatic rings. The molecule has 3 atom stereocenters. The first-order chi connectivity index (χ1) is 7.47. The average molecular weight is 230 g/mol. The van der Waals surface area contributed by atoms with Gasteiger partial charge in [0.15, 0.2) is 0 Å². The SMILES string of the molecule is CC(C)C(N)C(=O)N1CC(CO)OCC1C. The third-order valence-electron chi connectivity index (χ3n) is 3.00. The van der Waals surface area contributed by atoms with Crippen molar-refractivity contribution >= 4 is 5.91 Å². The highest BCUT2D eigenvalue weighted by atomic mass is 16.5. The molecule has 0 aliphatic carbocycles. The molecule has 3 unspecified atom stereocenters. The zero-order valence-corrected chi connectivity index (χ0v) is 10.2. The van der Waals surface area contributed by atoms with E-state index in [-0.39, 0.29) is 30.6 Å². The molecule has 1 saturated heterocycles. The fourth-order valence-electron chi connectivity index (χ4n) is 1.71. The van der Waals surface area contributed by atoms with E-state index in [1.165, 1.54) is 0 Å². The molecule has 1 aliphatic rings. The summed E-state index contributed by atoms with van der Waals surface area (Å²) >= 11 is 0. The fourth-order valence-corrected chi connectivity index (χ4v) is 1.71. The van der Waals surface area contributed by atoms with Gasteiger partial charge < -0.3 is 20.5 Å². The second-order valence-electron chi connectivity index (χ2n) is 4.75. The fraction of sp³-hybridized carbons (Fsp3) is 0.909. The van der Waals surface area contributed by atoms with Crippen LogP contribution in [-0.2, 0) is 9.53 Å². The molecule has 0 spiro atoms. The second kappa shape index (κ2) is 5.61. The number of carbonyl (C=O) groups is 1. The van der Waals surface area contributed by atoms with Crippen LogP contribution >= 0.6 is 0 Å². The summed E-state index contributed by atoms with van der Waals surface area (Å²) < 4.78 is 5.38. The van der Waals surface area contributed by atoms with Gasteiger partial charge in [0.2, 0.25) is 5.91 Å². The minimum Gasteiger partial charge on any atom is -0.394 e. The lowest BCUT2D eigenvalue weighted by molar-refractivity contribution is -0.148. The number of amides is 1. The number of nitrogens with two attached hydrogens (primary N) is 1. The number of carbonyl (C=O) groups excluding carboxylic acids is 1. The molecular weight excluding hydrogens is 208 g/mol. The summed E-state index contributed by atoms with van der Waals surface area (Å²) in [4.78, 5) is 13.8. The van der Waals surface area contributed by atoms with E-state index in [0.29, 0.717) is 13.2 Å². The maximum Gasteiger partial charge on any atom is 0.240 e. The van der Waals surface area contributed by atoms with Crippen LogP contribution in [0.25, 0.3) is 0 Å². The maximum atomic E-state index is 12.1. The summed E-state index contributed by atoms with van der Waals surface area (Å²) in [6.07, 6.45) is -0.278. The van der Waals surface area contributed by atoms with Gasteiger partial charge in [-0.3, -0.25) is 4.79 Å². The van der Waals surface area contributed by atoms with Gasteiger partial charge in [-0.05, 0) is 12.8 Å². The lowest BCUT2D eigenvalue weighted by Gasteiger charge is -2.39. The molecule has 1 fully saturated rings. The van der Waals surface area contributed by atoms with Crippen molar-refractivity contribution in [3.05, 3.63) is 0 Å². The minimum absolute atomic E-state index is 0.0279. The Morgan fingerprint density at radius 2 is 2.25 bits per heavy atom. The largest absolute Gasteiger partial charge is 0.394 e. The Balaban J connectivity index is 2.65. The normalized spacial score (nSPS) is 28.2. The van der Waals surface area contributed by atoms with Gasteiger partial charge in [0.05, 0.1) is 31.4 Å². The molecule has 5 nitrogen and oxygen atoms in total. The monoisotopic (exact) mass is 230 g/mol. The maximum absolute atomic E-state index is 12.1. The van der Waals surface area contributed by atoms with Gasteiger partial charge in [0.1, 0.15) is 0 Å². The molecule has 1 heterocycles. The van der Waals surface area contributed by atoms with Crippen LogP contribution in [0.2, 0.25) is 0 Å². The molecule has 5 heteroatoms. The van der Waals surface area contributed by atoms with Crippen molar-refractivity contribution in [2.75, 3.05) is 19.8 Å². The molecule has 0 bridgehead atoms. The Bertz CT molecular complexity index is 245. The van der Waals surface area contributed by atoms with Gasteiger partial charge in [0, 0.05) is 6.54 Å². The van der Waals surface area contributed by atoms with Crippen molar-refractivity contribution in [1.82, 2.24) is 4.90 Å². The number of rotatable bonds is 3. The Labute approximate surface area is 96.6 Å². The molecule has 0 saturated carbocycles. The first kappa shape index (κ1) is 13.4. The molecule has 94 valence electrons. The number of hydrogen-bond donors (Lipinski definition) is 2. The molecule has 3 N–H and O–H groups in total. The molecule has 0 radical (unpaired) electrons. The van der Waals surface area contributed by atoms with Crippen molar-refractivity contribution in [2.24, 2.45) is 11.7 Å². The van der Waals surface area contributed by atoms with Crippen LogP contribution in [0.15, 0.2) is 0 Å². The van der Waals surface area contributed by atoms with E-state index >= 15 is 0 Å². The van der Waals surface area contributed by atoms with Crippen LogP contribution < -0.4 is 5.73 Å². The Kier molecular flexibility index (Phi) is 4.70. The van der Waals surface area contributed by atoms with Crippen molar-refractivity contribution in [2.45, 2.75) is 39.0 Å². The standard InChI is InChI=1S/C11H22N2O3/c1-7(2)10(12)11(15)13-4-9(5-14)16-6-8(13)3/h7-10,14H,4-6,12H2,1-3H3. The zero-order chi connectivity index (χ0) is 12.3. The van der Waals surface area contributed by atoms with Crippen LogP contribution in [0.1, 0.15) is 20.8 Å². The highest BCUT2D eigenvalue weighted by Crippen LogP contribution is 2.14. The highest BCUT2D eigenvalue weighted by molar-refractivity contribution is 5.82. The predicted molar refractivity (Wildman–Crippen MR) is 60.8 cm³/mol.